The lowest BCUT2D eigenvalue weighted by Gasteiger charge is -2.37. The zero-order valence-corrected chi connectivity index (χ0v) is 18.0. The highest BCUT2D eigenvalue weighted by molar-refractivity contribution is 7.89. The number of hydrogen-bond acceptors (Lipinski definition) is 6. The van der Waals surface area contributed by atoms with Gasteiger partial charge in [-0.1, -0.05) is 24.3 Å². The molecule has 1 fully saturated rings. The van der Waals surface area contributed by atoms with E-state index in [0.29, 0.717) is 38.4 Å². The van der Waals surface area contributed by atoms with Gasteiger partial charge in [0.1, 0.15) is 5.69 Å². The van der Waals surface area contributed by atoms with Crippen molar-refractivity contribution < 1.29 is 13.3 Å². The first-order valence-electron chi connectivity index (χ1n) is 10.1. The van der Waals surface area contributed by atoms with Crippen LogP contribution in [0.1, 0.15) is 24.1 Å². The maximum absolute atomic E-state index is 13.1. The molecule has 0 bridgehead atoms. The lowest BCUT2D eigenvalue weighted by molar-refractivity contribution is -0.384. The molecule has 2 aliphatic heterocycles. The number of likely N-dealkylation sites (N-methyl/N-ethyl adjacent to an activating group) is 1. The number of benzene rings is 2. The highest BCUT2D eigenvalue weighted by atomic mass is 32.2. The number of piperazine rings is 1. The average molecular weight is 431 g/mol. The largest absolute Gasteiger partial charge is 0.359 e. The molecule has 1 unspecified atom stereocenters. The second-order valence-corrected chi connectivity index (χ2v) is 9.87. The van der Waals surface area contributed by atoms with Crippen molar-refractivity contribution in [3.63, 3.8) is 0 Å². The Morgan fingerprint density at radius 3 is 2.43 bits per heavy atom. The molecule has 0 saturated carbocycles. The highest BCUT2D eigenvalue weighted by Gasteiger charge is 2.32. The number of hydrogen-bond donors (Lipinski definition) is 0. The van der Waals surface area contributed by atoms with Crippen molar-refractivity contribution in [3.05, 3.63) is 63.7 Å². The fraction of sp³-hybridized carbons (Fsp3) is 0.429. The van der Waals surface area contributed by atoms with Crippen molar-refractivity contribution >= 4 is 21.4 Å². The Morgan fingerprint density at radius 2 is 1.73 bits per heavy atom. The molecule has 4 rings (SSSR count). The molecule has 8 nitrogen and oxygen atoms in total. The maximum Gasteiger partial charge on any atom is 0.293 e. The minimum atomic E-state index is -3.77. The molecule has 30 heavy (non-hydrogen) atoms. The average Bonchev–Trinajstić information content (AvgIpc) is 2.74. The van der Waals surface area contributed by atoms with Gasteiger partial charge in [-0.25, -0.2) is 8.42 Å². The number of sulfonamides is 1. The van der Waals surface area contributed by atoms with E-state index in [1.165, 1.54) is 22.0 Å². The molecule has 1 atom stereocenters. The Hall–Kier alpha value is -2.49. The van der Waals surface area contributed by atoms with E-state index in [0.717, 1.165) is 12.0 Å². The summed E-state index contributed by atoms with van der Waals surface area (Å²) in [6, 6.07) is 12.4. The van der Waals surface area contributed by atoms with Gasteiger partial charge in [-0.2, -0.15) is 4.31 Å². The summed E-state index contributed by atoms with van der Waals surface area (Å²) >= 11 is 0. The van der Waals surface area contributed by atoms with E-state index in [4.69, 9.17) is 0 Å². The molecule has 160 valence electrons. The van der Waals surface area contributed by atoms with E-state index in [9.17, 15) is 18.5 Å². The zero-order chi connectivity index (χ0) is 21.5. The van der Waals surface area contributed by atoms with Crippen LogP contribution >= 0.6 is 0 Å². The lowest BCUT2D eigenvalue weighted by Crippen LogP contribution is -2.47. The fourth-order valence-corrected chi connectivity index (χ4v) is 5.77. The summed E-state index contributed by atoms with van der Waals surface area (Å²) in [6.45, 7) is 4.72. The van der Waals surface area contributed by atoms with Gasteiger partial charge in [-0.05, 0) is 43.7 Å². The Kier molecular flexibility index (Phi) is 5.52. The van der Waals surface area contributed by atoms with Crippen LogP contribution < -0.4 is 4.90 Å². The minimum Gasteiger partial charge on any atom is -0.359 e. The summed E-state index contributed by atoms with van der Waals surface area (Å²) in [4.78, 5) is 15.4. The number of nitro benzene ring substituents is 1. The summed E-state index contributed by atoms with van der Waals surface area (Å²) in [7, 11) is -1.82. The molecule has 0 spiro atoms. The molecule has 0 N–H and O–H groups in total. The van der Waals surface area contributed by atoms with E-state index < -0.39 is 14.9 Å². The van der Waals surface area contributed by atoms with Crippen LogP contribution in [0.4, 0.5) is 11.4 Å². The third kappa shape index (κ3) is 3.68. The SMILES string of the molecule is CC1c2ccccc2CCN1c1ccc(S(=O)(=O)N2CCN(C)CC2)cc1[N+](=O)[O-]. The topological polar surface area (TPSA) is 87.0 Å². The molecule has 0 aliphatic carbocycles. The summed E-state index contributed by atoms with van der Waals surface area (Å²) in [5.41, 5.74) is 2.68. The predicted octanol–water partition coefficient (Wildman–Crippen LogP) is 2.65. The van der Waals surface area contributed by atoms with E-state index in [1.807, 2.05) is 37.1 Å². The van der Waals surface area contributed by atoms with Crippen molar-refractivity contribution in [2.75, 3.05) is 44.7 Å². The van der Waals surface area contributed by atoms with Crippen molar-refractivity contribution in [2.24, 2.45) is 0 Å². The van der Waals surface area contributed by atoms with Crippen LogP contribution in [-0.4, -0.2) is 62.3 Å². The molecule has 2 aliphatic rings. The lowest BCUT2D eigenvalue weighted by atomic mass is 9.93. The van der Waals surface area contributed by atoms with Crippen molar-refractivity contribution in [1.82, 2.24) is 9.21 Å². The molecule has 9 heteroatoms. The Bertz CT molecular complexity index is 1060. The zero-order valence-electron chi connectivity index (χ0n) is 17.2. The molecular weight excluding hydrogens is 404 g/mol. The van der Waals surface area contributed by atoms with Crippen molar-refractivity contribution in [2.45, 2.75) is 24.3 Å². The highest BCUT2D eigenvalue weighted by Crippen LogP contribution is 2.39. The minimum absolute atomic E-state index is 0.0208. The van der Waals surface area contributed by atoms with Crippen LogP contribution in [0.3, 0.4) is 0 Å². The first-order chi connectivity index (χ1) is 14.3. The summed E-state index contributed by atoms with van der Waals surface area (Å²) in [5.74, 6) is 0. The van der Waals surface area contributed by atoms with Gasteiger partial charge in [-0.3, -0.25) is 10.1 Å². The standard InChI is InChI=1S/C21H26N4O4S/c1-16-19-6-4-3-5-17(19)9-10-24(16)20-8-7-18(15-21(20)25(26)27)30(28,29)23-13-11-22(2)12-14-23/h3-8,15-16H,9-14H2,1-2H3. The number of anilines is 1. The van der Waals surface area contributed by atoms with Gasteiger partial charge < -0.3 is 9.80 Å². The summed E-state index contributed by atoms with van der Waals surface area (Å²) in [6.07, 6.45) is 0.791. The van der Waals surface area contributed by atoms with E-state index >= 15 is 0 Å². The van der Waals surface area contributed by atoms with Crippen LogP contribution in [-0.2, 0) is 16.4 Å². The van der Waals surface area contributed by atoms with Gasteiger partial charge in [0.25, 0.3) is 5.69 Å². The molecule has 0 aromatic heterocycles. The van der Waals surface area contributed by atoms with Gasteiger partial charge in [0.2, 0.25) is 10.0 Å². The number of nitro groups is 1. The third-order valence-corrected chi connectivity index (χ3v) is 8.04. The second kappa shape index (κ2) is 7.98. The van der Waals surface area contributed by atoms with Gasteiger partial charge in [0, 0.05) is 38.8 Å². The Labute approximate surface area is 176 Å². The van der Waals surface area contributed by atoms with Crippen molar-refractivity contribution in [3.8, 4) is 0 Å². The van der Waals surface area contributed by atoms with Crippen LogP contribution in [0.5, 0.6) is 0 Å². The molecule has 2 heterocycles. The fourth-order valence-electron chi connectivity index (χ4n) is 4.33. The third-order valence-electron chi connectivity index (χ3n) is 6.15. The van der Waals surface area contributed by atoms with Crippen LogP contribution in [0, 0.1) is 10.1 Å². The van der Waals surface area contributed by atoms with Gasteiger partial charge in [0.15, 0.2) is 0 Å². The smallest absolute Gasteiger partial charge is 0.293 e. The normalized spacial score (nSPS) is 20.7. The molecule has 0 amide bonds. The van der Waals surface area contributed by atoms with Crippen LogP contribution in [0.25, 0.3) is 0 Å². The number of fused-ring (bicyclic) bond motifs is 1. The molecule has 2 aromatic rings. The molecule has 1 saturated heterocycles. The molecular formula is C21H26N4O4S. The Balaban J connectivity index is 1.69. The van der Waals surface area contributed by atoms with Crippen LogP contribution in [0.15, 0.2) is 47.4 Å². The predicted molar refractivity (Wildman–Crippen MR) is 115 cm³/mol. The van der Waals surface area contributed by atoms with E-state index in [2.05, 4.69) is 11.0 Å². The van der Waals surface area contributed by atoms with Gasteiger partial charge in [-0.15, -0.1) is 0 Å². The number of rotatable bonds is 4. The van der Waals surface area contributed by atoms with E-state index in [1.54, 1.807) is 6.07 Å². The van der Waals surface area contributed by atoms with Gasteiger partial charge >= 0.3 is 0 Å². The first kappa shape index (κ1) is 20.8. The maximum atomic E-state index is 13.1. The second-order valence-electron chi connectivity index (χ2n) is 7.93. The molecule has 0 radical (unpaired) electrons. The number of nitrogens with zero attached hydrogens (tertiary/aromatic N) is 4. The first-order valence-corrected chi connectivity index (χ1v) is 11.5. The van der Waals surface area contributed by atoms with Crippen molar-refractivity contribution in [1.29, 1.82) is 0 Å². The molecule has 2 aromatic carbocycles. The van der Waals surface area contributed by atoms with Crippen LogP contribution in [0.2, 0.25) is 0 Å². The van der Waals surface area contributed by atoms with Gasteiger partial charge in [0.05, 0.1) is 15.9 Å². The van der Waals surface area contributed by atoms with E-state index in [-0.39, 0.29) is 16.6 Å². The quantitative estimate of drug-likeness (QED) is 0.547. The Morgan fingerprint density at radius 1 is 1.03 bits per heavy atom. The summed E-state index contributed by atoms with van der Waals surface area (Å²) < 4.78 is 27.5. The monoisotopic (exact) mass is 430 g/mol. The summed E-state index contributed by atoms with van der Waals surface area (Å²) in [5, 5.41) is 11.9.